The molecule has 2 aliphatic rings. The number of rotatable bonds is 11. The third kappa shape index (κ3) is 7.48. The maximum absolute atomic E-state index is 12.8. The Morgan fingerprint density at radius 2 is 1.68 bits per heavy atom. The quantitative estimate of drug-likeness (QED) is 0.381. The fourth-order valence-corrected chi connectivity index (χ4v) is 5.86. The van der Waals surface area contributed by atoms with Gasteiger partial charge in [-0.05, 0) is 99.2 Å². The number of carbonyl (C=O) groups excluding carboxylic acids is 1. The molecular weight excluding hydrogens is 464 g/mol. The predicted octanol–water partition coefficient (Wildman–Crippen LogP) is 5.71. The highest BCUT2D eigenvalue weighted by Crippen LogP contribution is 2.40. The lowest BCUT2D eigenvalue weighted by molar-refractivity contribution is 0.0546. The van der Waals surface area contributed by atoms with Crippen molar-refractivity contribution in [1.29, 1.82) is 0 Å². The van der Waals surface area contributed by atoms with Gasteiger partial charge in [-0.25, -0.2) is 0 Å². The van der Waals surface area contributed by atoms with Crippen LogP contribution in [0, 0.1) is 5.92 Å². The van der Waals surface area contributed by atoms with E-state index in [9.17, 15) is 9.90 Å². The molecule has 0 bridgehead atoms. The number of amides is 1. The Morgan fingerprint density at radius 3 is 2.32 bits per heavy atom. The maximum Gasteiger partial charge on any atom is 0.253 e. The Balaban J connectivity index is 1.16. The lowest BCUT2D eigenvalue weighted by atomic mass is 9.93. The highest BCUT2D eigenvalue weighted by molar-refractivity contribution is 5.94. The van der Waals surface area contributed by atoms with Crippen LogP contribution in [-0.4, -0.2) is 55.9 Å². The molecule has 2 aromatic rings. The highest BCUT2D eigenvalue weighted by Gasteiger charge is 2.26. The minimum atomic E-state index is -0.259. The van der Waals surface area contributed by atoms with E-state index in [4.69, 9.17) is 9.47 Å². The molecule has 2 aromatic carbocycles. The first kappa shape index (κ1) is 27.5. The first-order valence-electron chi connectivity index (χ1n) is 14.0. The molecule has 6 heteroatoms. The van der Waals surface area contributed by atoms with Gasteiger partial charge in [0.15, 0.2) is 0 Å². The third-order valence-corrected chi connectivity index (χ3v) is 8.29. The summed E-state index contributed by atoms with van der Waals surface area (Å²) in [4.78, 5) is 14.6. The second-order valence-electron chi connectivity index (χ2n) is 10.8. The summed E-state index contributed by atoms with van der Waals surface area (Å²) in [5.41, 5.74) is 3.32. The van der Waals surface area contributed by atoms with Gasteiger partial charge in [-0.2, -0.15) is 0 Å². The average Bonchev–Trinajstić information content (AvgIpc) is 3.41. The van der Waals surface area contributed by atoms with Crippen molar-refractivity contribution >= 4 is 5.91 Å². The van der Waals surface area contributed by atoms with Gasteiger partial charge in [0, 0.05) is 30.8 Å². The molecule has 2 N–H and O–H groups in total. The zero-order valence-corrected chi connectivity index (χ0v) is 22.7. The van der Waals surface area contributed by atoms with Gasteiger partial charge in [0.2, 0.25) is 0 Å². The normalized spacial score (nSPS) is 21.1. The van der Waals surface area contributed by atoms with Crippen LogP contribution >= 0.6 is 0 Å². The van der Waals surface area contributed by atoms with Crippen molar-refractivity contribution in [1.82, 2.24) is 10.2 Å². The Hall–Kier alpha value is -2.57. The Labute approximate surface area is 222 Å². The van der Waals surface area contributed by atoms with Gasteiger partial charge in [-0.3, -0.25) is 4.79 Å². The Bertz CT molecular complexity index is 979. The molecule has 202 valence electrons. The number of carbonyl (C=O) groups is 1. The van der Waals surface area contributed by atoms with Crippen molar-refractivity contribution in [3.8, 4) is 11.5 Å². The van der Waals surface area contributed by atoms with Crippen LogP contribution in [-0.2, 0) is 0 Å². The molecule has 4 rings (SSSR count). The van der Waals surface area contributed by atoms with E-state index >= 15 is 0 Å². The van der Waals surface area contributed by atoms with Crippen LogP contribution in [0.2, 0.25) is 0 Å². The summed E-state index contributed by atoms with van der Waals surface area (Å²) in [6, 6.07) is 14.6. The molecule has 0 spiro atoms. The minimum absolute atomic E-state index is 0.0937. The highest BCUT2D eigenvalue weighted by atomic mass is 16.5. The molecule has 1 heterocycles. The number of piperidine rings is 1. The summed E-state index contributed by atoms with van der Waals surface area (Å²) < 4.78 is 10.8. The molecule has 2 fully saturated rings. The Kier molecular flexibility index (Phi) is 9.87. The molecule has 0 aromatic heterocycles. The van der Waals surface area contributed by atoms with Gasteiger partial charge in [-0.1, -0.05) is 25.0 Å². The van der Waals surface area contributed by atoms with Crippen molar-refractivity contribution in [2.45, 2.75) is 76.4 Å². The van der Waals surface area contributed by atoms with E-state index in [1.54, 1.807) is 14.2 Å². The number of hydrogen-bond acceptors (Lipinski definition) is 5. The van der Waals surface area contributed by atoms with Gasteiger partial charge < -0.3 is 24.8 Å². The van der Waals surface area contributed by atoms with Crippen LogP contribution < -0.4 is 14.8 Å². The lowest BCUT2D eigenvalue weighted by Gasteiger charge is -2.29. The van der Waals surface area contributed by atoms with Crippen LogP contribution in [0.15, 0.2) is 42.5 Å². The summed E-state index contributed by atoms with van der Waals surface area (Å²) >= 11 is 0. The van der Waals surface area contributed by atoms with E-state index in [1.165, 1.54) is 49.7 Å². The summed E-state index contributed by atoms with van der Waals surface area (Å²) in [5, 5.41) is 13.3. The van der Waals surface area contributed by atoms with Crippen LogP contribution in [0.3, 0.4) is 0 Å². The largest absolute Gasteiger partial charge is 0.497 e. The number of likely N-dealkylation sites (tertiary alicyclic amines) is 1. The van der Waals surface area contributed by atoms with Crippen molar-refractivity contribution in [3.05, 3.63) is 59.2 Å². The third-order valence-electron chi connectivity index (χ3n) is 8.29. The number of nitrogens with zero attached hydrogens (tertiary/aromatic N) is 1. The number of nitrogens with one attached hydrogen (secondary N) is 1. The predicted molar refractivity (Wildman–Crippen MR) is 147 cm³/mol. The molecule has 1 amide bonds. The number of aliphatic hydroxyl groups excluding tert-OH is 1. The zero-order valence-electron chi connectivity index (χ0n) is 22.7. The number of ether oxygens (including phenoxy) is 2. The number of benzene rings is 2. The first-order valence-corrected chi connectivity index (χ1v) is 14.0. The van der Waals surface area contributed by atoms with Crippen molar-refractivity contribution in [2.75, 3.05) is 33.9 Å². The van der Waals surface area contributed by atoms with E-state index in [1.807, 2.05) is 23.1 Å². The summed E-state index contributed by atoms with van der Waals surface area (Å²) in [5.74, 6) is 3.15. The summed E-state index contributed by atoms with van der Waals surface area (Å²) in [6.45, 7) is 4.49. The Morgan fingerprint density at radius 1 is 1.00 bits per heavy atom. The topological polar surface area (TPSA) is 71.0 Å². The van der Waals surface area contributed by atoms with E-state index < -0.39 is 0 Å². The molecule has 6 nitrogen and oxygen atoms in total. The molecule has 0 radical (unpaired) electrons. The lowest BCUT2D eigenvalue weighted by Crippen LogP contribution is -2.40. The van der Waals surface area contributed by atoms with E-state index in [0.717, 1.165) is 29.5 Å². The summed E-state index contributed by atoms with van der Waals surface area (Å²) in [7, 11) is 3.37. The van der Waals surface area contributed by atoms with Crippen LogP contribution in [0.1, 0.15) is 91.7 Å². The standard InChI is InChI=1S/C31H44N2O4/c1-22(27-19-29(36-2)21-30(20-27)37-3)32-15-5-4-6-23-7-8-26(18-23)24-9-11-25(12-10-24)31(35)33-16-13-28(34)14-17-33/h9-12,19-23,26,28,32,34H,4-8,13-18H2,1-3H3/t22-,23?,26+/m1/s1. The molecule has 1 aliphatic heterocycles. The van der Waals surface area contributed by atoms with Crippen LogP contribution in [0.4, 0.5) is 0 Å². The molecule has 3 atom stereocenters. The van der Waals surface area contributed by atoms with Gasteiger partial charge >= 0.3 is 0 Å². The fourth-order valence-electron chi connectivity index (χ4n) is 5.86. The van der Waals surface area contributed by atoms with Gasteiger partial charge in [0.25, 0.3) is 5.91 Å². The number of unbranched alkanes of at least 4 members (excludes halogenated alkanes) is 1. The maximum atomic E-state index is 12.8. The minimum Gasteiger partial charge on any atom is -0.497 e. The van der Waals surface area contributed by atoms with E-state index in [-0.39, 0.29) is 18.1 Å². The summed E-state index contributed by atoms with van der Waals surface area (Å²) in [6.07, 6.45) is 8.61. The number of methoxy groups -OCH3 is 2. The van der Waals surface area contributed by atoms with Gasteiger partial charge in [-0.15, -0.1) is 0 Å². The SMILES string of the molecule is COc1cc(OC)cc([C@@H](C)NCCCCC2CC[C@H](c3ccc(C(=O)N4CCC(O)CC4)cc3)C2)c1. The molecule has 1 aliphatic carbocycles. The van der Waals surface area contributed by atoms with Gasteiger partial charge in [0.1, 0.15) is 11.5 Å². The molecular formula is C31H44N2O4. The smallest absolute Gasteiger partial charge is 0.253 e. The second kappa shape index (κ2) is 13.3. The zero-order chi connectivity index (χ0) is 26.2. The second-order valence-corrected chi connectivity index (χ2v) is 10.8. The van der Waals surface area contributed by atoms with E-state index in [0.29, 0.717) is 31.8 Å². The fraction of sp³-hybridized carbons (Fsp3) is 0.581. The molecule has 37 heavy (non-hydrogen) atoms. The van der Waals surface area contributed by atoms with Crippen LogP contribution in [0.5, 0.6) is 11.5 Å². The molecule has 1 saturated carbocycles. The first-order chi connectivity index (χ1) is 18.0. The van der Waals surface area contributed by atoms with E-state index in [2.05, 4.69) is 36.5 Å². The monoisotopic (exact) mass is 508 g/mol. The number of hydrogen-bond donors (Lipinski definition) is 2. The molecule has 1 saturated heterocycles. The number of aliphatic hydroxyl groups is 1. The van der Waals surface area contributed by atoms with Crippen LogP contribution in [0.25, 0.3) is 0 Å². The van der Waals surface area contributed by atoms with Crippen molar-refractivity contribution < 1.29 is 19.4 Å². The average molecular weight is 509 g/mol. The molecule has 1 unspecified atom stereocenters. The van der Waals surface area contributed by atoms with Crippen molar-refractivity contribution in [2.24, 2.45) is 5.92 Å². The van der Waals surface area contributed by atoms with Gasteiger partial charge in [0.05, 0.1) is 20.3 Å². The van der Waals surface area contributed by atoms with Crippen molar-refractivity contribution in [3.63, 3.8) is 0 Å².